The lowest BCUT2D eigenvalue weighted by atomic mass is 10.0. The molecule has 0 aromatic heterocycles. The molecule has 0 amide bonds. The van der Waals surface area contributed by atoms with Crippen LogP contribution in [0.5, 0.6) is 0 Å². The minimum Gasteiger partial charge on any atom is -0.313 e. The Kier molecular flexibility index (Phi) is 6.79. The van der Waals surface area contributed by atoms with Crippen LogP contribution in [0.1, 0.15) is 29.2 Å². The molecule has 0 radical (unpaired) electrons. The second-order valence-electron chi connectivity index (χ2n) is 7.06. The topological polar surface area (TPSA) is 42.3 Å². The fraction of sp³-hybridized carbons (Fsp3) is 0.409. The van der Waals surface area contributed by atoms with Gasteiger partial charge in [0.2, 0.25) is 0 Å². The van der Waals surface area contributed by atoms with Crippen LogP contribution >= 0.6 is 0 Å². The molecule has 1 aliphatic heterocycles. The third kappa shape index (κ3) is 5.15. The van der Waals surface area contributed by atoms with Crippen molar-refractivity contribution >= 4 is 0 Å². The number of rotatable bonds is 7. The first-order valence-corrected chi connectivity index (χ1v) is 9.43. The summed E-state index contributed by atoms with van der Waals surface area (Å²) in [7, 11) is 2.21. The van der Waals surface area contributed by atoms with E-state index in [-0.39, 0.29) is 0 Å². The van der Waals surface area contributed by atoms with Gasteiger partial charge in [0.15, 0.2) is 0 Å². The predicted molar refractivity (Wildman–Crippen MR) is 106 cm³/mol. The number of nitrogens with one attached hydrogen (secondary N) is 1. The molecule has 1 unspecified atom stereocenters. The van der Waals surface area contributed by atoms with Crippen LogP contribution in [0.15, 0.2) is 54.6 Å². The second-order valence-corrected chi connectivity index (χ2v) is 7.06. The maximum atomic E-state index is 8.85. The predicted octanol–water partition coefficient (Wildman–Crippen LogP) is 3.03. The van der Waals surface area contributed by atoms with Gasteiger partial charge in [0, 0.05) is 38.8 Å². The fourth-order valence-electron chi connectivity index (χ4n) is 3.55. The molecular weight excluding hydrogens is 320 g/mol. The molecule has 1 N–H and O–H groups in total. The van der Waals surface area contributed by atoms with Crippen LogP contribution < -0.4 is 5.32 Å². The summed E-state index contributed by atoms with van der Waals surface area (Å²) >= 11 is 0. The van der Waals surface area contributed by atoms with Gasteiger partial charge in [-0.1, -0.05) is 42.5 Å². The molecule has 4 heteroatoms. The molecule has 136 valence electrons. The smallest absolute Gasteiger partial charge is 0.0991 e. The molecule has 1 atom stereocenters. The minimum absolute atomic E-state index is 0.494. The lowest BCUT2D eigenvalue weighted by Crippen LogP contribution is -2.47. The molecule has 26 heavy (non-hydrogen) atoms. The standard InChI is InChI=1S/C22H28N4/c1-25-14-15-26(22(18-25)21-6-3-2-4-7-21)13-5-12-24-17-20-10-8-19(16-23)9-11-20/h2-4,6-11,22,24H,5,12-15,17-18H2,1H3. The number of nitrogens with zero attached hydrogens (tertiary/aromatic N) is 3. The van der Waals surface area contributed by atoms with E-state index in [0.717, 1.165) is 51.3 Å². The molecule has 1 saturated heterocycles. The zero-order chi connectivity index (χ0) is 18.2. The van der Waals surface area contributed by atoms with Gasteiger partial charge < -0.3 is 10.2 Å². The summed E-state index contributed by atoms with van der Waals surface area (Å²) < 4.78 is 0. The zero-order valence-corrected chi connectivity index (χ0v) is 15.6. The van der Waals surface area contributed by atoms with E-state index in [1.807, 2.05) is 24.3 Å². The molecule has 0 bridgehead atoms. The molecule has 0 saturated carbocycles. The molecule has 0 aliphatic carbocycles. The largest absolute Gasteiger partial charge is 0.313 e. The van der Waals surface area contributed by atoms with Crippen molar-refractivity contribution in [2.75, 3.05) is 39.8 Å². The Hall–Kier alpha value is -2.19. The minimum atomic E-state index is 0.494. The number of benzene rings is 2. The molecule has 1 heterocycles. The molecule has 1 fully saturated rings. The monoisotopic (exact) mass is 348 g/mol. The first kappa shape index (κ1) is 18.6. The van der Waals surface area contributed by atoms with E-state index < -0.39 is 0 Å². The highest BCUT2D eigenvalue weighted by Gasteiger charge is 2.25. The van der Waals surface area contributed by atoms with Crippen molar-refractivity contribution in [3.8, 4) is 6.07 Å². The van der Waals surface area contributed by atoms with Gasteiger partial charge in [-0.05, 0) is 43.3 Å². The summed E-state index contributed by atoms with van der Waals surface area (Å²) in [4.78, 5) is 5.05. The van der Waals surface area contributed by atoms with Gasteiger partial charge in [-0.15, -0.1) is 0 Å². The van der Waals surface area contributed by atoms with Gasteiger partial charge in [-0.25, -0.2) is 0 Å². The van der Waals surface area contributed by atoms with Crippen molar-refractivity contribution in [3.05, 3.63) is 71.3 Å². The van der Waals surface area contributed by atoms with Gasteiger partial charge in [0.1, 0.15) is 0 Å². The number of likely N-dealkylation sites (N-methyl/N-ethyl adjacent to an activating group) is 1. The molecule has 4 nitrogen and oxygen atoms in total. The lowest BCUT2D eigenvalue weighted by Gasteiger charge is -2.40. The lowest BCUT2D eigenvalue weighted by molar-refractivity contribution is 0.0888. The van der Waals surface area contributed by atoms with Crippen LogP contribution in [-0.4, -0.2) is 49.6 Å². The van der Waals surface area contributed by atoms with Crippen molar-refractivity contribution in [1.29, 1.82) is 5.26 Å². The van der Waals surface area contributed by atoms with Crippen LogP contribution in [0.4, 0.5) is 0 Å². The van der Waals surface area contributed by atoms with E-state index in [9.17, 15) is 0 Å². The Balaban J connectivity index is 1.44. The first-order chi connectivity index (χ1) is 12.8. The van der Waals surface area contributed by atoms with E-state index in [0.29, 0.717) is 6.04 Å². The van der Waals surface area contributed by atoms with Crippen LogP contribution in [0.3, 0.4) is 0 Å². The highest BCUT2D eigenvalue weighted by molar-refractivity contribution is 5.31. The maximum Gasteiger partial charge on any atom is 0.0991 e. The van der Waals surface area contributed by atoms with E-state index in [4.69, 9.17) is 5.26 Å². The van der Waals surface area contributed by atoms with Gasteiger partial charge in [-0.3, -0.25) is 4.90 Å². The highest BCUT2D eigenvalue weighted by Crippen LogP contribution is 2.24. The third-order valence-electron chi connectivity index (χ3n) is 5.09. The third-order valence-corrected chi connectivity index (χ3v) is 5.09. The number of nitriles is 1. The fourth-order valence-corrected chi connectivity index (χ4v) is 3.55. The second kappa shape index (κ2) is 9.49. The van der Waals surface area contributed by atoms with Crippen molar-refractivity contribution in [1.82, 2.24) is 15.1 Å². The Bertz CT molecular complexity index is 705. The van der Waals surface area contributed by atoms with E-state index in [1.165, 1.54) is 11.1 Å². The molecule has 3 rings (SSSR count). The molecule has 0 spiro atoms. The summed E-state index contributed by atoms with van der Waals surface area (Å²) in [6, 6.07) is 21.3. The molecule has 2 aromatic rings. The summed E-state index contributed by atoms with van der Waals surface area (Å²) in [5, 5.41) is 12.4. The van der Waals surface area contributed by atoms with Crippen molar-refractivity contribution in [2.24, 2.45) is 0 Å². The summed E-state index contributed by atoms with van der Waals surface area (Å²) in [5.41, 5.74) is 3.37. The van der Waals surface area contributed by atoms with Gasteiger partial charge in [-0.2, -0.15) is 5.26 Å². The van der Waals surface area contributed by atoms with E-state index >= 15 is 0 Å². The zero-order valence-electron chi connectivity index (χ0n) is 15.6. The SMILES string of the molecule is CN1CCN(CCCNCc2ccc(C#N)cc2)C(c2ccccc2)C1. The molecular formula is C22H28N4. The number of hydrogen-bond acceptors (Lipinski definition) is 4. The molecule has 1 aliphatic rings. The Morgan fingerprint density at radius 2 is 1.85 bits per heavy atom. The Labute approximate surface area is 157 Å². The Morgan fingerprint density at radius 1 is 1.08 bits per heavy atom. The summed E-state index contributed by atoms with van der Waals surface area (Å²) in [6.45, 7) is 6.36. The van der Waals surface area contributed by atoms with E-state index in [2.05, 4.69) is 58.6 Å². The van der Waals surface area contributed by atoms with Crippen molar-refractivity contribution in [3.63, 3.8) is 0 Å². The first-order valence-electron chi connectivity index (χ1n) is 9.43. The summed E-state index contributed by atoms with van der Waals surface area (Å²) in [5.74, 6) is 0. The number of piperazine rings is 1. The Morgan fingerprint density at radius 3 is 2.58 bits per heavy atom. The summed E-state index contributed by atoms with van der Waals surface area (Å²) in [6.07, 6.45) is 1.14. The molecule has 2 aromatic carbocycles. The van der Waals surface area contributed by atoms with Crippen molar-refractivity contribution in [2.45, 2.75) is 19.0 Å². The average molecular weight is 348 g/mol. The van der Waals surface area contributed by atoms with Crippen molar-refractivity contribution < 1.29 is 0 Å². The van der Waals surface area contributed by atoms with Crippen LogP contribution in [-0.2, 0) is 6.54 Å². The normalized spacial score (nSPS) is 18.5. The van der Waals surface area contributed by atoms with Crippen LogP contribution in [0.2, 0.25) is 0 Å². The maximum absolute atomic E-state index is 8.85. The van der Waals surface area contributed by atoms with Gasteiger partial charge in [0.25, 0.3) is 0 Å². The highest BCUT2D eigenvalue weighted by atomic mass is 15.3. The van der Waals surface area contributed by atoms with Crippen LogP contribution in [0, 0.1) is 11.3 Å². The van der Waals surface area contributed by atoms with Gasteiger partial charge in [0.05, 0.1) is 11.6 Å². The van der Waals surface area contributed by atoms with Crippen LogP contribution in [0.25, 0.3) is 0 Å². The quantitative estimate of drug-likeness (QED) is 0.781. The average Bonchev–Trinajstić information content (AvgIpc) is 2.70. The van der Waals surface area contributed by atoms with E-state index in [1.54, 1.807) is 0 Å². The van der Waals surface area contributed by atoms with Gasteiger partial charge >= 0.3 is 0 Å². The number of hydrogen-bond donors (Lipinski definition) is 1.